The molecule has 1 atom stereocenters. The molecule has 2 N–H and O–H groups in total. The molecule has 1 aromatic rings. The maximum atomic E-state index is 11.8. The van der Waals surface area contributed by atoms with E-state index < -0.39 is 6.10 Å². The van der Waals surface area contributed by atoms with E-state index in [9.17, 15) is 9.90 Å². The second kappa shape index (κ2) is 6.86. The summed E-state index contributed by atoms with van der Waals surface area (Å²) in [5.74, 6) is 0.929. The van der Waals surface area contributed by atoms with Crippen LogP contribution in [0.25, 0.3) is 0 Å². The van der Waals surface area contributed by atoms with E-state index in [0.717, 1.165) is 29.7 Å². The van der Waals surface area contributed by atoms with Gasteiger partial charge in [-0.05, 0) is 18.9 Å². The van der Waals surface area contributed by atoms with Crippen LogP contribution in [0.15, 0.2) is 18.2 Å². The quantitative estimate of drug-likeness (QED) is 0.834. The molecule has 1 aromatic carbocycles. The van der Waals surface area contributed by atoms with Crippen LogP contribution in [0, 0.1) is 0 Å². The van der Waals surface area contributed by atoms with E-state index in [1.807, 2.05) is 32.0 Å². The predicted molar refractivity (Wildman–Crippen MR) is 78.4 cm³/mol. The summed E-state index contributed by atoms with van der Waals surface area (Å²) in [6.45, 7) is 4.81. The Morgan fingerprint density at radius 3 is 2.90 bits per heavy atom. The molecule has 0 heterocycles. The predicted octanol–water partition coefficient (Wildman–Crippen LogP) is 1.94. The first kappa shape index (κ1) is 15.0. The summed E-state index contributed by atoms with van der Waals surface area (Å²) in [6, 6.07) is 5.92. The first-order valence-corrected chi connectivity index (χ1v) is 7.27. The average Bonchev–Trinajstić information content (AvgIpc) is 2.43. The zero-order valence-electron chi connectivity index (χ0n) is 12.2. The van der Waals surface area contributed by atoms with Crippen LogP contribution >= 0.6 is 0 Å². The molecule has 0 aromatic heterocycles. The number of benzene rings is 1. The molecule has 20 heavy (non-hydrogen) atoms. The molecule has 0 fully saturated rings. The summed E-state index contributed by atoms with van der Waals surface area (Å²) >= 11 is 0. The van der Waals surface area contributed by atoms with Gasteiger partial charge >= 0.3 is 0 Å². The highest BCUT2D eigenvalue weighted by Gasteiger charge is 2.20. The molecular formula is C16H23NO3. The summed E-state index contributed by atoms with van der Waals surface area (Å²) < 4.78 is 5.70. The molecule has 0 saturated carbocycles. The zero-order valence-corrected chi connectivity index (χ0v) is 12.2. The molecule has 0 spiro atoms. The smallest absolute Gasteiger partial charge is 0.163 e. The van der Waals surface area contributed by atoms with Crippen molar-refractivity contribution in [2.75, 3.05) is 13.2 Å². The van der Waals surface area contributed by atoms with Crippen LogP contribution in [0.3, 0.4) is 0 Å². The van der Waals surface area contributed by atoms with Crippen molar-refractivity contribution in [2.45, 2.75) is 45.3 Å². The third-order valence-electron chi connectivity index (χ3n) is 3.46. The first-order valence-electron chi connectivity index (χ1n) is 7.27. The molecule has 110 valence electrons. The molecule has 4 nitrogen and oxygen atoms in total. The van der Waals surface area contributed by atoms with Gasteiger partial charge in [0.1, 0.15) is 18.5 Å². The van der Waals surface area contributed by atoms with E-state index >= 15 is 0 Å². The van der Waals surface area contributed by atoms with E-state index in [1.54, 1.807) is 0 Å². The lowest BCUT2D eigenvalue weighted by molar-refractivity contribution is 0.0964. The molecule has 0 unspecified atom stereocenters. The van der Waals surface area contributed by atoms with E-state index in [0.29, 0.717) is 19.0 Å². The number of ketones is 1. The van der Waals surface area contributed by atoms with Crippen molar-refractivity contribution in [3.05, 3.63) is 29.3 Å². The third kappa shape index (κ3) is 3.81. The second-order valence-electron chi connectivity index (χ2n) is 5.59. The van der Waals surface area contributed by atoms with Crippen molar-refractivity contribution >= 4 is 5.78 Å². The van der Waals surface area contributed by atoms with Gasteiger partial charge in [-0.1, -0.05) is 26.0 Å². The normalized spacial score (nSPS) is 16.1. The average molecular weight is 277 g/mol. The number of rotatable bonds is 6. The number of hydrogen-bond acceptors (Lipinski definition) is 4. The largest absolute Gasteiger partial charge is 0.491 e. The lowest BCUT2D eigenvalue weighted by Crippen LogP contribution is -2.35. The topological polar surface area (TPSA) is 58.6 Å². The molecule has 0 saturated heterocycles. The Labute approximate surface area is 120 Å². The van der Waals surface area contributed by atoms with Crippen LogP contribution in [0.2, 0.25) is 0 Å². The van der Waals surface area contributed by atoms with Gasteiger partial charge in [0.05, 0.1) is 0 Å². The number of ether oxygens (including phenoxy) is 1. The van der Waals surface area contributed by atoms with Gasteiger partial charge in [-0.2, -0.15) is 0 Å². The Bertz CT molecular complexity index is 471. The van der Waals surface area contributed by atoms with E-state index in [-0.39, 0.29) is 12.4 Å². The highest BCUT2D eigenvalue weighted by Crippen LogP contribution is 2.29. The molecule has 0 amide bonds. The summed E-state index contributed by atoms with van der Waals surface area (Å²) in [6.07, 6.45) is 1.83. The Kier molecular flexibility index (Phi) is 5.15. The van der Waals surface area contributed by atoms with Gasteiger partial charge in [0.2, 0.25) is 0 Å². The SMILES string of the molecule is CC(C)NC[C@H](O)COc1cccc2c1CCCC2=O. The van der Waals surface area contributed by atoms with Crippen molar-refractivity contribution < 1.29 is 14.6 Å². The second-order valence-corrected chi connectivity index (χ2v) is 5.59. The standard InChI is InChI=1S/C16H23NO3/c1-11(2)17-9-12(18)10-20-16-8-4-5-13-14(16)6-3-7-15(13)19/h4-5,8,11-12,17-18H,3,6-7,9-10H2,1-2H3/t12-/m0/s1. The van der Waals surface area contributed by atoms with Crippen molar-refractivity contribution in [1.82, 2.24) is 5.32 Å². The molecule has 2 rings (SSSR count). The minimum Gasteiger partial charge on any atom is -0.491 e. The number of carbonyl (C=O) groups is 1. The van der Waals surface area contributed by atoms with Gasteiger partial charge in [-0.25, -0.2) is 0 Å². The number of nitrogens with one attached hydrogen (secondary N) is 1. The highest BCUT2D eigenvalue weighted by molar-refractivity contribution is 5.99. The minimum absolute atomic E-state index is 0.193. The number of Topliss-reactive ketones (excluding diaryl/α,β-unsaturated/α-hetero) is 1. The molecular weight excluding hydrogens is 254 g/mol. The molecule has 0 radical (unpaired) electrons. The summed E-state index contributed by atoms with van der Waals surface area (Å²) in [7, 11) is 0. The lowest BCUT2D eigenvalue weighted by atomic mass is 9.90. The van der Waals surface area contributed by atoms with Crippen molar-refractivity contribution in [3.8, 4) is 5.75 Å². The maximum Gasteiger partial charge on any atom is 0.163 e. The van der Waals surface area contributed by atoms with E-state index in [2.05, 4.69) is 5.32 Å². The van der Waals surface area contributed by atoms with Crippen molar-refractivity contribution in [2.24, 2.45) is 0 Å². The summed E-state index contributed by atoms with van der Waals surface area (Å²) in [4.78, 5) is 11.8. The van der Waals surface area contributed by atoms with Gasteiger partial charge in [-0.3, -0.25) is 4.79 Å². The molecule has 1 aliphatic carbocycles. The molecule has 4 heteroatoms. The summed E-state index contributed by atoms with van der Waals surface area (Å²) in [5, 5.41) is 13.0. The molecule has 0 aliphatic heterocycles. The molecule has 0 bridgehead atoms. The van der Waals surface area contributed by atoms with Crippen LogP contribution < -0.4 is 10.1 Å². The van der Waals surface area contributed by atoms with E-state index in [1.165, 1.54) is 0 Å². The number of hydrogen-bond donors (Lipinski definition) is 2. The van der Waals surface area contributed by atoms with Gasteiger partial charge in [0, 0.05) is 30.1 Å². The Balaban J connectivity index is 1.96. The van der Waals surface area contributed by atoms with Crippen molar-refractivity contribution in [1.29, 1.82) is 0 Å². The van der Waals surface area contributed by atoms with Crippen LogP contribution in [0.1, 0.15) is 42.6 Å². The van der Waals surface area contributed by atoms with Crippen molar-refractivity contribution in [3.63, 3.8) is 0 Å². The van der Waals surface area contributed by atoms with Gasteiger partial charge < -0.3 is 15.2 Å². The number of carbonyl (C=O) groups excluding carboxylic acids is 1. The number of aliphatic hydroxyl groups is 1. The highest BCUT2D eigenvalue weighted by atomic mass is 16.5. The Morgan fingerprint density at radius 1 is 1.35 bits per heavy atom. The maximum absolute atomic E-state index is 11.8. The van der Waals surface area contributed by atoms with Gasteiger partial charge in [0.25, 0.3) is 0 Å². The van der Waals surface area contributed by atoms with Gasteiger partial charge in [0.15, 0.2) is 5.78 Å². The Hall–Kier alpha value is -1.39. The van der Waals surface area contributed by atoms with Gasteiger partial charge in [-0.15, -0.1) is 0 Å². The fourth-order valence-electron chi connectivity index (χ4n) is 2.40. The van der Waals surface area contributed by atoms with Crippen LogP contribution in [0.4, 0.5) is 0 Å². The zero-order chi connectivity index (χ0) is 14.5. The fourth-order valence-corrected chi connectivity index (χ4v) is 2.40. The fraction of sp³-hybridized carbons (Fsp3) is 0.562. The summed E-state index contributed by atoms with van der Waals surface area (Å²) in [5.41, 5.74) is 1.77. The van der Waals surface area contributed by atoms with Crippen LogP contribution in [-0.2, 0) is 6.42 Å². The number of aliphatic hydroxyl groups excluding tert-OH is 1. The number of fused-ring (bicyclic) bond motifs is 1. The molecule has 1 aliphatic rings. The Morgan fingerprint density at radius 2 is 2.15 bits per heavy atom. The van der Waals surface area contributed by atoms with Crippen LogP contribution in [0.5, 0.6) is 5.75 Å². The third-order valence-corrected chi connectivity index (χ3v) is 3.46. The monoisotopic (exact) mass is 277 g/mol. The lowest BCUT2D eigenvalue weighted by Gasteiger charge is -2.20. The minimum atomic E-state index is -0.549. The first-order chi connectivity index (χ1) is 9.58. The van der Waals surface area contributed by atoms with Crippen LogP contribution in [-0.4, -0.2) is 36.2 Å². The van der Waals surface area contributed by atoms with E-state index in [4.69, 9.17) is 4.74 Å².